The minimum atomic E-state index is 0.0384. The number of aromatic nitrogens is 2. The second-order valence-corrected chi connectivity index (χ2v) is 7.52. The normalized spacial score (nSPS) is 10.9. The smallest absolute Gasteiger partial charge is 0.220 e. The number of nitrogens with one attached hydrogen (secondary N) is 1. The minimum Gasteiger partial charge on any atom is -0.352 e. The molecule has 0 fully saturated rings. The molecule has 1 N–H and O–H groups in total. The highest BCUT2D eigenvalue weighted by atomic mass is 79.9. The van der Waals surface area contributed by atoms with E-state index in [4.69, 9.17) is 4.98 Å². The summed E-state index contributed by atoms with van der Waals surface area (Å²) in [6.07, 6.45) is 3.04. The fourth-order valence-corrected chi connectivity index (χ4v) is 3.51. The minimum absolute atomic E-state index is 0.0384. The van der Waals surface area contributed by atoms with Crippen molar-refractivity contribution in [3.63, 3.8) is 0 Å². The first kappa shape index (κ1) is 18.4. The lowest BCUT2D eigenvalue weighted by atomic mass is 10.1. The number of hydrogen-bond acceptors (Lipinski definition) is 2. The van der Waals surface area contributed by atoms with Crippen molar-refractivity contribution in [2.75, 3.05) is 0 Å². The van der Waals surface area contributed by atoms with Gasteiger partial charge in [-0.3, -0.25) is 4.79 Å². The van der Waals surface area contributed by atoms with E-state index >= 15 is 0 Å². The van der Waals surface area contributed by atoms with Crippen molar-refractivity contribution < 1.29 is 4.79 Å². The summed E-state index contributed by atoms with van der Waals surface area (Å²) in [7, 11) is 0. The number of aryl methyl sites for hydroxylation is 1. The van der Waals surface area contributed by atoms with Crippen molar-refractivity contribution in [3.8, 4) is 11.3 Å². The molecule has 0 atom stereocenters. The van der Waals surface area contributed by atoms with Gasteiger partial charge in [-0.15, -0.1) is 0 Å². The Morgan fingerprint density at radius 2 is 1.71 bits per heavy atom. The molecule has 2 aromatic heterocycles. The molecule has 0 bridgehead atoms. The van der Waals surface area contributed by atoms with Gasteiger partial charge in [0.05, 0.1) is 11.4 Å². The maximum Gasteiger partial charge on any atom is 0.220 e. The number of hydrogen-bond donors (Lipinski definition) is 1. The molecular weight excluding hydrogens is 414 g/mol. The van der Waals surface area contributed by atoms with Gasteiger partial charge in [0.2, 0.25) is 5.91 Å². The first-order chi connectivity index (χ1) is 13.7. The number of halogens is 1. The number of carbonyl (C=O) groups excluding carboxylic acids is 1. The molecule has 4 aromatic rings. The summed E-state index contributed by atoms with van der Waals surface area (Å²) in [5, 5.41) is 3.00. The monoisotopic (exact) mass is 433 g/mol. The molecule has 2 heterocycles. The lowest BCUT2D eigenvalue weighted by Gasteiger charge is -2.07. The van der Waals surface area contributed by atoms with Crippen LogP contribution in [0.15, 0.2) is 83.5 Å². The van der Waals surface area contributed by atoms with E-state index in [0.717, 1.165) is 32.6 Å². The highest BCUT2D eigenvalue weighted by molar-refractivity contribution is 9.10. The molecule has 28 heavy (non-hydrogen) atoms. The maximum atomic E-state index is 12.4. The van der Waals surface area contributed by atoms with Crippen LogP contribution in [0.2, 0.25) is 0 Å². The average Bonchev–Trinajstić information content (AvgIpc) is 3.10. The van der Waals surface area contributed by atoms with Crippen LogP contribution in [0.3, 0.4) is 0 Å². The third-order valence-electron chi connectivity index (χ3n) is 4.67. The number of pyridine rings is 1. The zero-order valence-electron chi connectivity index (χ0n) is 15.3. The summed E-state index contributed by atoms with van der Waals surface area (Å²) in [5.74, 6) is 0.0384. The summed E-state index contributed by atoms with van der Waals surface area (Å²) in [6.45, 7) is 0.548. The molecule has 0 radical (unpaired) electrons. The molecule has 1 amide bonds. The molecule has 0 aliphatic heterocycles. The van der Waals surface area contributed by atoms with Crippen LogP contribution in [0.5, 0.6) is 0 Å². The largest absolute Gasteiger partial charge is 0.352 e. The van der Waals surface area contributed by atoms with Gasteiger partial charge in [-0.1, -0.05) is 64.5 Å². The van der Waals surface area contributed by atoms with Crippen molar-refractivity contribution in [2.45, 2.75) is 19.4 Å². The molecule has 0 aliphatic carbocycles. The number of nitrogens with zero attached hydrogens (tertiary/aromatic N) is 2. The Balaban J connectivity index is 1.53. The standard InChI is InChI=1S/C23H20BrN3O/c24-19-11-9-18(10-12-19)23-20(27-15-5-4-8-21(27)26-23)13-14-22(28)25-16-17-6-2-1-3-7-17/h1-12,15H,13-14,16H2,(H,25,28). The van der Waals surface area contributed by atoms with Crippen LogP contribution in [-0.4, -0.2) is 15.3 Å². The molecule has 0 spiro atoms. The summed E-state index contributed by atoms with van der Waals surface area (Å²) >= 11 is 3.48. The van der Waals surface area contributed by atoms with E-state index in [9.17, 15) is 4.79 Å². The van der Waals surface area contributed by atoms with Crippen LogP contribution < -0.4 is 5.32 Å². The van der Waals surface area contributed by atoms with Gasteiger partial charge in [-0.2, -0.15) is 0 Å². The van der Waals surface area contributed by atoms with Crippen LogP contribution in [-0.2, 0) is 17.8 Å². The molecule has 0 unspecified atom stereocenters. The number of rotatable bonds is 6. The van der Waals surface area contributed by atoms with Crippen LogP contribution in [0, 0.1) is 0 Å². The van der Waals surface area contributed by atoms with Crippen molar-refractivity contribution in [3.05, 3.63) is 94.7 Å². The van der Waals surface area contributed by atoms with Gasteiger partial charge in [0, 0.05) is 29.2 Å². The Morgan fingerprint density at radius 3 is 2.50 bits per heavy atom. The fourth-order valence-electron chi connectivity index (χ4n) is 3.24. The van der Waals surface area contributed by atoms with E-state index in [1.54, 1.807) is 0 Å². The first-order valence-electron chi connectivity index (χ1n) is 9.23. The molecule has 140 valence electrons. The Hall–Kier alpha value is -2.92. The SMILES string of the molecule is O=C(CCc1c(-c2ccc(Br)cc2)nc2ccccn12)NCc1ccccc1. The zero-order valence-corrected chi connectivity index (χ0v) is 16.9. The third kappa shape index (κ3) is 4.15. The third-order valence-corrected chi connectivity index (χ3v) is 5.20. The predicted octanol–water partition coefficient (Wildman–Crippen LogP) is 5.01. The Labute approximate surface area is 172 Å². The zero-order chi connectivity index (χ0) is 19.3. The highest BCUT2D eigenvalue weighted by Crippen LogP contribution is 2.27. The van der Waals surface area contributed by atoms with Crippen molar-refractivity contribution >= 4 is 27.5 Å². The molecule has 0 saturated heterocycles. The molecule has 2 aromatic carbocycles. The lowest BCUT2D eigenvalue weighted by Crippen LogP contribution is -2.23. The van der Waals surface area contributed by atoms with E-state index < -0.39 is 0 Å². The molecule has 4 rings (SSSR count). The molecular formula is C23H20BrN3O. The highest BCUT2D eigenvalue weighted by Gasteiger charge is 2.15. The molecule has 0 aliphatic rings. The molecule has 4 nitrogen and oxygen atoms in total. The predicted molar refractivity (Wildman–Crippen MR) is 115 cm³/mol. The summed E-state index contributed by atoms with van der Waals surface area (Å²) in [4.78, 5) is 17.2. The van der Waals surface area contributed by atoms with E-state index in [1.807, 2.05) is 79.0 Å². The summed E-state index contributed by atoms with van der Waals surface area (Å²) in [5.41, 5.74) is 5.01. The van der Waals surface area contributed by atoms with Gasteiger partial charge in [0.15, 0.2) is 0 Å². The Kier molecular flexibility index (Phi) is 5.53. The summed E-state index contributed by atoms with van der Waals surface area (Å²) in [6, 6.07) is 24.0. The Bertz CT molecular complexity index is 1090. The number of fused-ring (bicyclic) bond motifs is 1. The molecule has 0 saturated carbocycles. The van der Waals surface area contributed by atoms with Gasteiger partial charge in [0.25, 0.3) is 0 Å². The topological polar surface area (TPSA) is 46.4 Å². The van der Waals surface area contributed by atoms with Crippen molar-refractivity contribution in [1.82, 2.24) is 14.7 Å². The van der Waals surface area contributed by atoms with Gasteiger partial charge in [-0.05, 0) is 36.2 Å². The van der Waals surface area contributed by atoms with Crippen molar-refractivity contribution in [2.24, 2.45) is 0 Å². The average molecular weight is 434 g/mol. The van der Waals surface area contributed by atoms with Crippen LogP contribution in [0.1, 0.15) is 17.7 Å². The van der Waals surface area contributed by atoms with Gasteiger partial charge >= 0.3 is 0 Å². The van der Waals surface area contributed by atoms with E-state index in [0.29, 0.717) is 19.4 Å². The Morgan fingerprint density at radius 1 is 0.964 bits per heavy atom. The fraction of sp³-hybridized carbons (Fsp3) is 0.130. The van der Waals surface area contributed by atoms with Crippen LogP contribution in [0.4, 0.5) is 0 Å². The second kappa shape index (κ2) is 8.40. The number of carbonyl (C=O) groups is 1. The molecule has 5 heteroatoms. The van der Waals surface area contributed by atoms with Crippen molar-refractivity contribution in [1.29, 1.82) is 0 Å². The van der Waals surface area contributed by atoms with E-state index in [-0.39, 0.29) is 5.91 Å². The summed E-state index contributed by atoms with van der Waals surface area (Å²) < 4.78 is 3.10. The quantitative estimate of drug-likeness (QED) is 0.464. The number of benzene rings is 2. The van der Waals surface area contributed by atoms with E-state index in [2.05, 4.69) is 25.6 Å². The van der Waals surface area contributed by atoms with Gasteiger partial charge < -0.3 is 9.72 Å². The lowest BCUT2D eigenvalue weighted by molar-refractivity contribution is -0.121. The number of imidazole rings is 1. The van der Waals surface area contributed by atoms with E-state index in [1.165, 1.54) is 0 Å². The van der Waals surface area contributed by atoms with Crippen LogP contribution in [0.25, 0.3) is 16.9 Å². The first-order valence-corrected chi connectivity index (χ1v) is 10.0. The van der Waals surface area contributed by atoms with Gasteiger partial charge in [0.1, 0.15) is 5.65 Å². The maximum absolute atomic E-state index is 12.4. The second-order valence-electron chi connectivity index (χ2n) is 6.61. The number of amides is 1. The van der Waals surface area contributed by atoms with Gasteiger partial charge in [-0.25, -0.2) is 4.98 Å². The van der Waals surface area contributed by atoms with Crippen LogP contribution >= 0.6 is 15.9 Å².